The van der Waals surface area contributed by atoms with Crippen LogP contribution in [0.3, 0.4) is 0 Å². The van der Waals surface area contributed by atoms with Gasteiger partial charge in [0.05, 0.1) is 0 Å². The normalized spacial score (nSPS) is 50.5. The number of hydrogen-bond acceptors (Lipinski definition) is 2. The predicted octanol–water partition coefficient (Wildman–Crippen LogP) is 2.49. The van der Waals surface area contributed by atoms with E-state index in [1.807, 2.05) is 0 Å². The summed E-state index contributed by atoms with van der Waals surface area (Å²) in [4.78, 5) is 2.66. The van der Waals surface area contributed by atoms with Crippen molar-refractivity contribution in [2.24, 2.45) is 17.8 Å². The Morgan fingerprint density at radius 1 is 0.941 bits per heavy atom. The minimum absolute atomic E-state index is 0.805. The first-order chi connectivity index (χ1) is 8.20. The summed E-state index contributed by atoms with van der Waals surface area (Å²) in [7, 11) is 0. The molecule has 1 saturated carbocycles. The van der Waals surface area contributed by atoms with Crippen LogP contribution in [0.2, 0.25) is 0 Å². The zero-order valence-corrected chi connectivity index (χ0v) is 11.5. The SMILES string of the molecule is CC1CC(C)CC(NC2CN3CCC2CC3)C1. The number of nitrogens with zero attached hydrogens (tertiary/aromatic N) is 1. The lowest BCUT2D eigenvalue weighted by atomic mass is 9.78. The van der Waals surface area contributed by atoms with Gasteiger partial charge in [0.2, 0.25) is 0 Å². The van der Waals surface area contributed by atoms with Crippen LogP contribution < -0.4 is 5.32 Å². The number of nitrogens with one attached hydrogen (secondary N) is 1. The smallest absolute Gasteiger partial charge is 0.0226 e. The summed E-state index contributed by atoms with van der Waals surface area (Å²) in [5.74, 6) is 2.84. The monoisotopic (exact) mass is 236 g/mol. The van der Waals surface area contributed by atoms with Crippen molar-refractivity contribution < 1.29 is 0 Å². The Balaban J connectivity index is 1.56. The van der Waals surface area contributed by atoms with E-state index >= 15 is 0 Å². The number of piperidine rings is 3. The van der Waals surface area contributed by atoms with Gasteiger partial charge in [-0.3, -0.25) is 0 Å². The molecule has 4 fully saturated rings. The van der Waals surface area contributed by atoms with Crippen molar-refractivity contribution in [3.8, 4) is 0 Å². The Morgan fingerprint density at radius 3 is 2.12 bits per heavy atom. The molecule has 98 valence electrons. The summed E-state index contributed by atoms with van der Waals surface area (Å²) in [6.07, 6.45) is 7.14. The molecule has 0 spiro atoms. The van der Waals surface area contributed by atoms with Crippen LogP contribution in [0.25, 0.3) is 0 Å². The molecule has 2 nitrogen and oxygen atoms in total. The predicted molar refractivity (Wildman–Crippen MR) is 72.1 cm³/mol. The van der Waals surface area contributed by atoms with Gasteiger partial charge in [-0.2, -0.15) is 0 Å². The van der Waals surface area contributed by atoms with Crippen LogP contribution in [0.4, 0.5) is 0 Å². The molecule has 2 bridgehead atoms. The van der Waals surface area contributed by atoms with Crippen LogP contribution in [0, 0.1) is 17.8 Å². The highest BCUT2D eigenvalue weighted by Gasteiger charge is 2.36. The molecule has 0 aromatic rings. The first-order valence-electron chi connectivity index (χ1n) is 7.69. The third-order valence-corrected chi connectivity index (χ3v) is 5.28. The first kappa shape index (κ1) is 12.0. The lowest BCUT2D eigenvalue weighted by Gasteiger charge is -2.47. The molecule has 3 unspecified atom stereocenters. The molecule has 4 rings (SSSR count). The van der Waals surface area contributed by atoms with Crippen molar-refractivity contribution in [3.05, 3.63) is 0 Å². The van der Waals surface area contributed by atoms with E-state index in [9.17, 15) is 0 Å². The van der Waals surface area contributed by atoms with Gasteiger partial charge in [0.1, 0.15) is 0 Å². The highest BCUT2D eigenvalue weighted by atomic mass is 15.2. The van der Waals surface area contributed by atoms with Gasteiger partial charge in [-0.05, 0) is 62.9 Å². The molecule has 1 N–H and O–H groups in total. The summed E-state index contributed by atoms with van der Waals surface area (Å²) in [5.41, 5.74) is 0. The Hall–Kier alpha value is -0.0800. The van der Waals surface area contributed by atoms with Gasteiger partial charge >= 0.3 is 0 Å². The summed E-state index contributed by atoms with van der Waals surface area (Å²) in [6.45, 7) is 8.91. The zero-order chi connectivity index (χ0) is 11.8. The molecule has 4 aliphatic rings. The fourth-order valence-corrected chi connectivity index (χ4v) is 4.54. The minimum atomic E-state index is 0.805. The van der Waals surface area contributed by atoms with E-state index in [4.69, 9.17) is 0 Å². The maximum atomic E-state index is 4.01. The third kappa shape index (κ3) is 2.68. The molecule has 0 amide bonds. The fraction of sp³-hybridized carbons (Fsp3) is 1.00. The standard InChI is InChI=1S/C15H28N2/c1-11-7-12(2)9-14(8-11)16-15-10-17-5-3-13(15)4-6-17/h11-16H,3-10H2,1-2H3. The van der Waals surface area contributed by atoms with E-state index in [0.29, 0.717) is 0 Å². The maximum absolute atomic E-state index is 4.01. The van der Waals surface area contributed by atoms with Crippen molar-refractivity contribution in [2.75, 3.05) is 19.6 Å². The van der Waals surface area contributed by atoms with Gasteiger partial charge in [0, 0.05) is 18.6 Å². The second kappa shape index (κ2) is 4.89. The fourth-order valence-electron chi connectivity index (χ4n) is 4.54. The van der Waals surface area contributed by atoms with Gasteiger partial charge < -0.3 is 10.2 Å². The Labute approximate surface area is 106 Å². The van der Waals surface area contributed by atoms with E-state index in [-0.39, 0.29) is 0 Å². The lowest BCUT2D eigenvalue weighted by molar-refractivity contribution is 0.0595. The molecule has 0 aromatic heterocycles. The molecular formula is C15H28N2. The van der Waals surface area contributed by atoms with E-state index in [1.165, 1.54) is 51.7 Å². The molecular weight excluding hydrogens is 208 g/mol. The average Bonchev–Trinajstić information content (AvgIpc) is 2.29. The van der Waals surface area contributed by atoms with Gasteiger partial charge in [0.15, 0.2) is 0 Å². The molecule has 3 heterocycles. The second-order valence-electron chi connectivity index (χ2n) is 7.03. The van der Waals surface area contributed by atoms with Crippen LogP contribution >= 0.6 is 0 Å². The van der Waals surface area contributed by atoms with Gasteiger partial charge in [-0.15, -0.1) is 0 Å². The number of hydrogen-bond donors (Lipinski definition) is 1. The van der Waals surface area contributed by atoms with Crippen LogP contribution in [-0.2, 0) is 0 Å². The first-order valence-corrected chi connectivity index (χ1v) is 7.69. The van der Waals surface area contributed by atoms with Crippen molar-refractivity contribution in [1.82, 2.24) is 10.2 Å². The van der Waals surface area contributed by atoms with Crippen LogP contribution in [0.1, 0.15) is 46.0 Å². The van der Waals surface area contributed by atoms with Gasteiger partial charge in [-0.25, -0.2) is 0 Å². The lowest BCUT2D eigenvalue weighted by Crippen LogP contribution is -2.58. The maximum Gasteiger partial charge on any atom is 0.0226 e. The van der Waals surface area contributed by atoms with E-state index in [0.717, 1.165) is 29.8 Å². The molecule has 17 heavy (non-hydrogen) atoms. The van der Waals surface area contributed by atoms with E-state index in [2.05, 4.69) is 24.1 Å². The average molecular weight is 236 g/mol. The zero-order valence-electron chi connectivity index (χ0n) is 11.5. The van der Waals surface area contributed by atoms with E-state index in [1.54, 1.807) is 0 Å². The largest absolute Gasteiger partial charge is 0.310 e. The molecule has 0 aromatic carbocycles. The van der Waals surface area contributed by atoms with E-state index < -0.39 is 0 Å². The van der Waals surface area contributed by atoms with Crippen LogP contribution in [0.15, 0.2) is 0 Å². The quantitative estimate of drug-likeness (QED) is 0.792. The Bertz CT molecular complexity index is 248. The summed E-state index contributed by atoms with van der Waals surface area (Å²) in [5, 5.41) is 4.01. The highest BCUT2D eigenvalue weighted by Crippen LogP contribution is 2.32. The summed E-state index contributed by atoms with van der Waals surface area (Å²) >= 11 is 0. The van der Waals surface area contributed by atoms with Gasteiger partial charge in [-0.1, -0.05) is 13.8 Å². The van der Waals surface area contributed by atoms with Crippen LogP contribution in [0.5, 0.6) is 0 Å². The summed E-state index contributed by atoms with van der Waals surface area (Å²) < 4.78 is 0. The second-order valence-corrected chi connectivity index (χ2v) is 7.03. The van der Waals surface area contributed by atoms with Crippen molar-refractivity contribution in [2.45, 2.75) is 58.0 Å². The molecule has 3 atom stereocenters. The molecule has 2 heteroatoms. The Morgan fingerprint density at radius 2 is 1.59 bits per heavy atom. The van der Waals surface area contributed by atoms with Gasteiger partial charge in [0.25, 0.3) is 0 Å². The molecule has 3 saturated heterocycles. The van der Waals surface area contributed by atoms with Crippen molar-refractivity contribution in [3.63, 3.8) is 0 Å². The number of rotatable bonds is 2. The Kier molecular flexibility index (Phi) is 3.45. The topological polar surface area (TPSA) is 15.3 Å². The number of fused-ring (bicyclic) bond motifs is 3. The van der Waals surface area contributed by atoms with Crippen LogP contribution in [-0.4, -0.2) is 36.6 Å². The minimum Gasteiger partial charge on any atom is -0.310 e. The highest BCUT2D eigenvalue weighted by molar-refractivity contribution is 4.93. The molecule has 3 aliphatic heterocycles. The molecule has 0 radical (unpaired) electrons. The third-order valence-electron chi connectivity index (χ3n) is 5.28. The van der Waals surface area contributed by atoms with Crippen molar-refractivity contribution in [1.29, 1.82) is 0 Å². The van der Waals surface area contributed by atoms with Crippen molar-refractivity contribution >= 4 is 0 Å². The molecule has 1 aliphatic carbocycles. The summed E-state index contributed by atoms with van der Waals surface area (Å²) in [6, 6.07) is 1.61.